The van der Waals surface area contributed by atoms with Gasteiger partial charge >= 0.3 is 5.97 Å². The van der Waals surface area contributed by atoms with Gasteiger partial charge < -0.3 is 39.0 Å². The van der Waals surface area contributed by atoms with Gasteiger partial charge in [0.1, 0.15) is 18.2 Å². The maximum absolute atomic E-state index is 12.4. The lowest BCUT2D eigenvalue weighted by Gasteiger charge is -2.37. The van der Waals surface area contributed by atoms with E-state index in [1.165, 1.54) is 13.1 Å². The van der Waals surface area contributed by atoms with E-state index in [1.807, 2.05) is 0 Å². The average Bonchev–Trinajstić information content (AvgIpc) is 3.03. The first kappa shape index (κ1) is 34.7. The number of aliphatic hydroxyl groups excluding tert-OH is 2. The Morgan fingerprint density at radius 2 is 1.95 bits per heavy atom. The number of nitrogens with zero attached hydrogens (tertiary/aromatic N) is 1. The van der Waals surface area contributed by atoms with Gasteiger partial charge in [-0.2, -0.15) is 0 Å². The van der Waals surface area contributed by atoms with E-state index in [0.29, 0.717) is 0 Å². The number of hydrogen-bond acceptors (Lipinski definition) is 12. The Balaban J connectivity index is 2.12. The Hall–Kier alpha value is -0.510. The number of halogens is 2. The highest BCUT2D eigenvalue weighted by Crippen LogP contribution is 2.48. The third-order valence-corrected chi connectivity index (χ3v) is 9.99. The Bertz CT molecular complexity index is 983. The molecule has 0 bridgehead atoms. The molecule has 1 amide bonds. The number of carbonyl (C=O) groups excluding carboxylic acids is 3. The first-order chi connectivity index (χ1) is 17.9. The molecule has 2 heterocycles. The molecule has 0 aromatic heterocycles. The van der Waals surface area contributed by atoms with Crippen LogP contribution >= 0.6 is 41.6 Å². The third-order valence-electron chi connectivity index (χ3n) is 5.26. The molecule has 2 aliphatic rings. The van der Waals surface area contributed by atoms with Crippen LogP contribution in [0, 0.1) is 5.41 Å². The van der Waals surface area contributed by atoms with E-state index >= 15 is 0 Å². The Kier molecular flexibility index (Phi) is 12.5. The van der Waals surface area contributed by atoms with Crippen molar-refractivity contribution >= 4 is 70.4 Å². The van der Waals surface area contributed by atoms with Crippen LogP contribution in [0.5, 0.6) is 0 Å². The van der Waals surface area contributed by atoms with E-state index in [0.717, 1.165) is 22.7 Å². The van der Waals surface area contributed by atoms with Crippen LogP contribution in [-0.2, 0) is 44.7 Å². The molecule has 17 heteroatoms. The lowest BCUT2D eigenvalue weighted by Crippen LogP contribution is -2.57. The van der Waals surface area contributed by atoms with Crippen molar-refractivity contribution < 1.29 is 43.1 Å². The highest BCUT2D eigenvalue weighted by molar-refractivity contribution is 8.13. The van der Waals surface area contributed by atoms with Crippen molar-refractivity contribution in [3.63, 3.8) is 0 Å². The largest absolute Gasteiger partial charge is 0.462 e. The molecule has 0 radical (unpaired) electrons. The number of ether oxygens (including phenoxy) is 2. The van der Waals surface area contributed by atoms with Gasteiger partial charge in [-0.1, -0.05) is 55.7 Å². The Morgan fingerprint density at radius 1 is 1.31 bits per heavy atom. The summed E-state index contributed by atoms with van der Waals surface area (Å²) in [6, 6.07) is -0.901. The van der Waals surface area contributed by atoms with Crippen LogP contribution in [0.25, 0.3) is 0 Å². The molecule has 12 nitrogen and oxygen atoms in total. The summed E-state index contributed by atoms with van der Waals surface area (Å²) in [7, 11) is 0. The van der Waals surface area contributed by atoms with E-state index in [9.17, 15) is 24.6 Å². The number of rotatable bonds is 12. The van der Waals surface area contributed by atoms with Crippen LogP contribution in [0.4, 0.5) is 0 Å². The summed E-state index contributed by atoms with van der Waals surface area (Å²) in [5.41, 5.74) is -0.531. The van der Waals surface area contributed by atoms with E-state index in [2.05, 4.69) is 10.4 Å². The smallest absolute Gasteiger partial charge is 0.323 e. The molecule has 0 saturated carbocycles. The monoisotopic (exact) mass is 651 g/mol. The first-order valence-electron chi connectivity index (χ1n) is 12.1. The number of thioether (sulfide) groups is 1. The van der Waals surface area contributed by atoms with Crippen molar-refractivity contribution in [2.45, 2.75) is 82.8 Å². The molecule has 0 spiro atoms. The van der Waals surface area contributed by atoms with Crippen molar-refractivity contribution in [1.82, 2.24) is 15.3 Å². The highest BCUT2D eigenvalue weighted by Gasteiger charge is 2.58. The quantitative estimate of drug-likeness (QED) is 0.105. The second-order valence-electron chi connectivity index (χ2n) is 10.1. The maximum atomic E-state index is 12.4. The summed E-state index contributed by atoms with van der Waals surface area (Å²) in [5, 5.41) is 26.1. The lowest BCUT2D eigenvalue weighted by molar-refractivity contribution is -0.149. The van der Waals surface area contributed by atoms with E-state index in [1.54, 1.807) is 34.6 Å². The molecule has 1 fully saturated rings. The Morgan fingerprint density at radius 3 is 2.51 bits per heavy atom. The first-order valence-corrected chi connectivity index (χ1v) is 16.5. The molecule has 0 aliphatic carbocycles. The number of carbonyl (C=O) groups is 3. The molecule has 4 N–H and O–H groups in total. The van der Waals surface area contributed by atoms with Crippen molar-refractivity contribution in [2.75, 3.05) is 19.0 Å². The zero-order valence-electron chi connectivity index (χ0n) is 22.5. The molecule has 2 rings (SSSR count). The van der Waals surface area contributed by atoms with E-state index in [4.69, 9.17) is 53.5 Å². The molecule has 2 aliphatic heterocycles. The highest BCUT2D eigenvalue weighted by atomic mass is 35.5. The lowest BCUT2D eigenvalue weighted by atomic mass is 10.00. The van der Waals surface area contributed by atoms with Gasteiger partial charge in [-0.05, 0) is 32.6 Å². The van der Waals surface area contributed by atoms with E-state index in [-0.39, 0.29) is 30.2 Å². The molecular weight excluding hydrogens is 616 g/mol. The fourth-order valence-electron chi connectivity index (χ4n) is 3.23. The van der Waals surface area contributed by atoms with Crippen molar-refractivity contribution in [1.29, 1.82) is 0 Å². The molecule has 0 aromatic rings. The van der Waals surface area contributed by atoms with Gasteiger partial charge in [0.15, 0.2) is 15.7 Å². The fourth-order valence-corrected chi connectivity index (χ4v) is 7.11. The summed E-state index contributed by atoms with van der Waals surface area (Å²) in [6.45, 7) is 6.61. The summed E-state index contributed by atoms with van der Waals surface area (Å²) < 4.78 is 20.8. The maximum Gasteiger partial charge on any atom is 0.323 e. The van der Waals surface area contributed by atoms with Gasteiger partial charge in [-0.3, -0.25) is 14.4 Å². The molecule has 6 atom stereocenters. The van der Waals surface area contributed by atoms with Crippen LogP contribution in [0.3, 0.4) is 0 Å². The molecular formula is C22H36Cl2N3O9PS2. The van der Waals surface area contributed by atoms with Gasteiger partial charge in [0, 0.05) is 23.4 Å². The zero-order chi connectivity index (χ0) is 29.8. The Labute approximate surface area is 247 Å². The van der Waals surface area contributed by atoms with Crippen molar-refractivity contribution in [3.8, 4) is 0 Å². The van der Waals surface area contributed by atoms with Gasteiger partial charge in [-0.25, -0.2) is 5.09 Å². The van der Waals surface area contributed by atoms with Crippen LogP contribution in [0.15, 0.2) is 12.3 Å². The topological polar surface area (TPSA) is 156 Å². The summed E-state index contributed by atoms with van der Waals surface area (Å²) in [6.07, 6.45) is -3.41. The van der Waals surface area contributed by atoms with Crippen molar-refractivity contribution in [2.24, 2.45) is 5.41 Å². The minimum absolute atomic E-state index is 0.0265. The van der Waals surface area contributed by atoms with Crippen LogP contribution in [0.1, 0.15) is 41.5 Å². The van der Waals surface area contributed by atoms with E-state index < -0.39 is 59.1 Å². The molecule has 6 unspecified atom stereocenters. The fraction of sp³-hybridized carbons (Fsp3) is 0.773. The summed E-state index contributed by atoms with van der Waals surface area (Å²) in [5.74, 6) is -0.829. The number of alkyl halides is 2. The molecule has 0 aromatic carbocycles. The number of nitrogens with one attached hydrogen (secondary N) is 2. The number of esters is 1. The van der Waals surface area contributed by atoms with Crippen LogP contribution in [0.2, 0.25) is 0 Å². The number of aliphatic hydroxyl groups is 2. The SMILES string of the molecule is CC(C)OC(=O)C(C)NP(=S)(OCCSC(=O)C(C)(C)C)OCC1OC(N2C=CC(=O)NC2O)C(Cl)(Cl)C1O. The van der Waals surface area contributed by atoms with Crippen molar-refractivity contribution in [3.05, 3.63) is 12.3 Å². The minimum atomic E-state index is -3.42. The van der Waals surface area contributed by atoms with Crippen LogP contribution < -0.4 is 10.4 Å². The molecule has 224 valence electrons. The van der Waals surface area contributed by atoms with Crippen LogP contribution in [-0.4, -0.2) is 92.3 Å². The van der Waals surface area contributed by atoms with Gasteiger partial charge in [0.05, 0.1) is 19.3 Å². The summed E-state index contributed by atoms with van der Waals surface area (Å²) >= 11 is 19.5. The molecule has 1 saturated heterocycles. The second kappa shape index (κ2) is 14.1. The number of amides is 1. The molecule has 39 heavy (non-hydrogen) atoms. The average molecular weight is 653 g/mol. The minimum Gasteiger partial charge on any atom is -0.462 e. The second-order valence-corrected chi connectivity index (χ2v) is 15.9. The standard InChI is InChI=1S/C22H36Cl2N3O9PS2/c1-12(2)35-17(30)13(3)26-37(38,33-9-10-39-19(31)21(4,5)6)34-11-14-16(29)22(23,24)18(36-14)27-8-7-15(28)25-20(27)32/h7-8,12-14,16,18,20,29,32H,9-11H2,1-6H3,(H,25,28)(H,26,38). The predicted molar refractivity (Wildman–Crippen MR) is 151 cm³/mol. The third kappa shape index (κ3) is 9.78. The predicted octanol–water partition coefficient (Wildman–Crippen LogP) is 1.96. The normalized spacial score (nSPS) is 27.3. The summed E-state index contributed by atoms with van der Waals surface area (Å²) in [4.78, 5) is 37.2. The number of hydrogen-bond donors (Lipinski definition) is 4. The van der Waals surface area contributed by atoms with Gasteiger partial charge in [-0.15, -0.1) is 0 Å². The van der Waals surface area contributed by atoms with Gasteiger partial charge in [0.2, 0.25) is 12.3 Å². The van der Waals surface area contributed by atoms with Gasteiger partial charge in [0.25, 0.3) is 6.64 Å². The zero-order valence-corrected chi connectivity index (χ0v) is 26.5.